The molecule has 0 radical (unpaired) electrons. The second-order valence-electron chi connectivity index (χ2n) is 8.21. The summed E-state index contributed by atoms with van der Waals surface area (Å²) < 4.78 is 1.55. The van der Waals surface area contributed by atoms with Crippen LogP contribution >= 0.6 is 0 Å². The van der Waals surface area contributed by atoms with Gasteiger partial charge in [0.25, 0.3) is 17.0 Å². The van der Waals surface area contributed by atoms with Crippen molar-refractivity contribution in [3.8, 4) is 0 Å². The Kier molecular flexibility index (Phi) is 6.14. The summed E-state index contributed by atoms with van der Waals surface area (Å²) in [6.07, 6.45) is 0.720. The van der Waals surface area contributed by atoms with Crippen LogP contribution in [0, 0.1) is 0 Å². The van der Waals surface area contributed by atoms with Gasteiger partial charge in [0.15, 0.2) is 0 Å². The lowest BCUT2D eigenvalue weighted by molar-refractivity contribution is 0.0961. The van der Waals surface area contributed by atoms with Gasteiger partial charge in [0, 0.05) is 57.9 Å². The molecule has 1 saturated heterocycles. The van der Waals surface area contributed by atoms with Crippen molar-refractivity contribution in [3.05, 3.63) is 73.8 Å². The normalized spacial score (nSPS) is 14.7. The van der Waals surface area contributed by atoms with Crippen LogP contribution in [0.25, 0.3) is 10.9 Å². The van der Waals surface area contributed by atoms with Crippen LogP contribution in [-0.2, 0) is 20.0 Å². The Balaban J connectivity index is 1.44. The SMILES string of the molecule is CCc1cc2ccc(CN3CCN(c4ccc(C(=O)NC)c(=O)n4C)CC3)cc2[nH]c1=O. The number of rotatable bonds is 5. The number of fused-ring (bicyclic) bond motifs is 1. The molecular formula is C24H29N5O3. The highest BCUT2D eigenvalue weighted by Gasteiger charge is 2.21. The van der Waals surface area contributed by atoms with Gasteiger partial charge in [0.1, 0.15) is 11.4 Å². The van der Waals surface area contributed by atoms with E-state index in [1.165, 1.54) is 7.05 Å². The van der Waals surface area contributed by atoms with Gasteiger partial charge >= 0.3 is 0 Å². The van der Waals surface area contributed by atoms with Crippen LogP contribution in [0.2, 0.25) is 0 Å². The predicted octanol–water partition coefficient (Wildman–Crippen LogP) is 1.47. The third-order valence-corrected chi connectivity index (χ3v) is 6.22. The molecule has 1 aliphatic heterocycles. The summed E-state index contributed by atoms with van der Waals surface area (Å²) >= 11 is 0. The van der Waals surface area contributed by atoms with Gasteiger partial charge in [-0.15, -0.1) is 0 Å². The number of hydrogen-bond acceptors (Lipinski definition) is 5. The van der Waals surface area contributed by atoms with E-state index in [0.29, 0.717) is 0 Å². The second kappa shape index (κ2) is 9.00. The van der Waals surface area contributed by atoms with Gasteiger partial charge in [-0.05, 0) is 41.6 Å². The van der Waals surface area contributed by atoms with Crippen molar-refractivity contribution in [2.45, 2.75) is 19.9 Å². The maximum atomic E-state index is 12.5. The first-order chi connectivity index (χ1) is 15.4. The Morgan fingerprint density at radius 2 is 1.81 bits per heavy atom. The molecular weight excluding hydrogens is 406 g/mol. The van der Waals surface area contributed by atoms with Gasteiger partial charge in [0.05, 0.1) is 0 Å². The highest BCUT2D eigenvalue weighted by atomic mass is 16.2. The average molecular weight is 436 g/mol. The Morgan fingerprint density at radius 1 is 1.06 bits per heavy atom. The van der Waals surface area contributed by atoms with E-state index in [1.54, 1.807) is 17.7 Å². The van der Waals surface area contributed by atoms with E-state index in [4.69, 9.17) is 0 Å². The number of carbonyl (C=O) groups excluding carboxylic acids is 1. The third kappa shape index (κ3) is 4.18. The second-order valence-corrected chi connectivity index (χ2v) is 8.21. The van der Waals surface area contributed by atoms with Crippen LogP contribution in [-0.4, -0.2) is 53.6 Å². The van der Waals surface area contributed by atoms with Crippen molar-refractivity contribution in [1.82, 2.24) is 19.8 Å². The fourth-order valence-corrected chi connectivity index (χ4v) is 4.30. The van der Waals surface area contributed by atoms with Crippen LogP contribution in [0.3, 0.4) is 0 Å². The molecule has 0 aliphatic carbocycles. The first-order valence-corrected chi connectivity index (χ1v) is 11.0. The Morgan fingerprint density at radius 3 is 2.50 bits per heavy atom. The molecule has 0 spiro atoms. The number of amides is 1. The Bertz CT molecular complexity index is 1270. The highest BCUT2D eigenvalue weighted by Crippen LogP contribution is 2.18. The minimum Gasteiger partial charge on any atom is -0.355 e. The largest absolute Gasteiger partial charge is 0.355 e. The van der Waals surface area contributed by atoms with E-state index in [1.807, 2.05) is 19.1 Å². The van der Waals surface area contributed by atoms with E-state index in [-0.39, 0.29) is 22.6 Å². The highest BCUT2D eigenvalue weighted by molar-refractivity contribution is 5.93. The molecule has 8 nitrogen and oxygen atoms in total. The molecule has 2 N–H and O–H groups in total. The van der Waals surface area contributed by atoms with E-state index >= 15 is 0 Å². The third-order valence-electron chi connectivity index (χ3n) is 6.22. The summed E-state index contributed by atoms with van der Waals surface area (Å²) in [4.78, 5) is 44.1. The zero-order chi connectivity index (χ0) is 22.8. The zero-order valence-corrected chi connectivity index (χ0v) is 18.8. The van der Waals surface area contributed by atoms with E-state index in [2.05, 4.69) is 38.3 Å². The number of aromatic amines is 1. The van der Waals surface area contributed by atoms with E-state index < -0.39 is 0 Å². The molecule has 0 bridgehead atoms. The lowest BCUT2D eigenvalue weighted by Gasteiger charge is -2.36. The summed E-state index contributed by atoms with van der Waals surface area (Å²) in [5.74, 6) is 0.446. The zero-order valence-electron chi connectivity index (χ0n) is 18.8. The summed E-state index contributed by atoms with van der Waals surface area (Å²) in [5, 5.41) is 3.56. The summed E-state index contributed by atoms with van der Waals surface area (Å²) in [6, 6.07) is 11.7. The number of aryl methyl sites for hydroxylation is 1. The fraction of sp³-hybridized carbons (Fsp3) is 0.375. The molecule has 3 aromatic rings. The number of aromatic nitrogens is 2. The van der Waals surface area contributed by atoms with Crippen molar-refractivity contribution in [2.75, 3.05) is 38.1 Å². The standard InChI is InChI=1S/C24H29N5O3/c1-4-17-14-18-6-5-16(13-20(18)26-22(17)30)15-28-9-11-29(12-10-28)21-8-7-19(23(31)25-2)24(32)27(21)3/h5-8,13-14H,4,9-12,15H2,1-3H3,(H,25,31)(H,26,30). The number of carbonyl (C=O) groups is 1. The molecule has 4 rings (SSSR count). The van der Waals surface area contributed by atoms with Crippen molar-refractivity contribution in [3.63, 3.8) is 0 Å². The Labute approximate surface area is 186 Å². The molecule has 1 amide bonds. The number of H-pyrrole nitrogens is 1. The van der Waals surface area contributed by atoms with Gasteiger partial charge in [-0.3, -0.25) is 23.9 Å². The minimum atomic E-state index is -0.371. The van der Waals surface area contributed by atoms with Crippen LogP contribution < -0.4 is 21.3 Å². The molecule has 1 aliphatic rings. The summed E-state index contributed by atoms with van der Waals surface area (Å²) in [6.45, 7) is 6.08. The molecule has 0 atom stereocenters. The van der Waals surface area contributed by atoms with Gasteiger partial charge in [-0.25, -0.2) is 0 Å². The molecule has 0 unspecified atom stereocenters. The predicted molar refractivity (Wildman–Crippen MR) is 127 cm³/mol. The van der Waals surface area contributed by atoms with Crippen LogP contribution in [0.5, 0.6) is 0 Å². The van der Waals surface area contributed by atoms with Crippen LogP contribution in [0.4, 0.5) is 5.82 Å². The molecule has 168 valence electrons. The van der Waals surface area contributed by atoms with E-state index in [9.17, 15) is 14.4 Å². The number of piperazine rings is 1. The maximum Gasteiger partial charge on any atom is 0.264 e. The first-order valence-electron chi connectivity index (χ1n) is 11.0. The molecule has 0 saturated carbocycles. The van der Waals surface area contributed by atoms with Crippen molar-refractivity contribution in [2.24, 2.45) is 7.05 Å². The number of benzene rings is 1. The molecule has 1 aromatic carbocycles. The average Bonchev–Trinajstić information content (AvgIpc) is 2.80. The molecule has 3 heterocycles. The number of pyridine rings is 2. The topological polar surface area (TPSA) is 90.4 Å². The molecule has 1 fully saturated rings. The number of nitrogens with one attached hydrogen (secondary N) is 2. The molecule has 2 aromatic heterocycles. The van der Waals surface area contributed by atoms with Crippen molar-refractivity contribution < 1.29 is 4.79 Å². The lowest BCUT2D eigenvalue weighted by atomic mass is 10.1. The van der Waals surface area contributed by atoms with Crippen LogP contribution in [0.1, 0.15) is 28.4 Å². The number of nitrogens with zero attached hydrogens (tertiary/aromatic N) is 3. The first kappa shape index (κ1) is 21.8. The minimum absolute atomic E-state index is 0.0150. The van der Waals surface area contributed by atoms with E-state index in [0.717, 1.165) is 67.0 Å². The van der Waals surface area contributed by atoms with Crippen LogP contribution in [0.15, 0.2) is 46.0 Å². The van der Waals surface area contributed by atoms with Crippen molar-refractivity contribution in [1.29, 1.82) is 0 Å². The number of anilines is 1. The smallest absolute Gasteiger partial charge is 0.264 e. The number of hydrogen-bond donors (Lipinski definition) is 2. The fourth-order valence-electron chi connectivity index (χ4n) is 4.30. The van der Waals surface area contributed by atoms with Gasteiger partial charge < -0.3 is 15.2 Å². The monoisotopic (exact) mass is 435 g/mol. The summed E-state index contributed by atoms with van der Waals surface area (Å²) in [7, 11) is 3.22. The lowest BCUT2D eigenvalue weighted by Crippen LogP contribution is -2.47. The van der Waals surface area contributed by atoms with Gasteiger partial charge in [-0.1, -0.05) is 19.1 Å². The molecule has 8 heteroatoms. The summed E-state index contributed by atoms with van der Waals surface area (Å²) in [5.41, 5.74) is 2.68. The van der Waals surface area contributed by atoms with Gasteiger partial charge in [-0.2, -0.15) is 0 Å². The molecule has 32 heavy (non-hydrogen) atoms. The maximum absolute atomic E-state index is 12.5. The van der Waals surface area contributed by atoms with Crippen molar-refractivity contribution >= 4 is 22.6 Å². The quantitative estimate of drug-likeness (QED) is 0.634. The van der Waals surface area contributed by atoms with Gasteiger partial charge in [0.2, 0.25) is 0 Å². The Hall–Kier alpha value is -3.39.